The second kappa shape index (κ2) is 8.20. The first-order chi connectivity index (χ1) is 12.6. The van der Waals surface area contributed by atoms with Gasteiger partial charge in [0.1, 0.15) is 11.8 Å². The van der Waals surface area contributed by atoms with E-state index in [1.807, 2.05) is 6.07 Å². The molecule has 0 spiro atoms. The molecule has 2 rings (SSSR count). The lowest BCUT2D eigenvalue weighted by Crippen LogP contribution is -2.40. The molecular weight excluding hydrogens is 366 g/mol. The van der Waals surface area contributed by atoms with Crippen molar-refractivity contribution in [2.45, 2.75) is 31.2 Å². The molecule has 2 aromatic carbocycles. The summed E-state index contributed by atoms with van der Waals surface area (Å²) in [6, 6.07) is 14.5. The van der Waals surface area contributed by atoms with Gasteiger partial charge >= 0.3 is 0 Å². The molecule has 0 heterocycles. The first kappa shape index (κ1) is 20.4. The Bertz CT molecular complexity index is 973. The average Bonchev–Trinajstić information content (AvgIpc) is 2.58. The highest BCUT2D eigenvalue weighted by atomic mass is 32.2. The summed E-state index contributed by atoms with van der Waals surface area (Å²) in [7, 11) is -3.71. The van der Waals surface area contributed by atoms with Crippen molar-refractivity contribution in [1.29, 1.82) is 5.26 Å². The number of nitrogens with zero attached hydrogens (tertiary/aromatic N) is 1. The second-order valence-corrected chi connectivity index (χ2v) is 8.51. The molecule has 0 saturated carbocycles. The fourth-order valence-corrected chi connectivity index (χ4v) is 3.69. The number of rotatable bonds is 6. The number of amides is 1. The van der Waals surface area contributed by atoms with Crippen LogP contribution in [0.15, 0.2) is 53.4 Å². The largest absolute Gasteiger partial charge is 0.482 e. The van der Waals surface area contributed by atoms with E-state index in [2.05, 4.69) is 10.0 Å². The number of nitriles is 1. The van der Waals surface area contributed by atoms with Gasteiger partial charge in [-0.05, 0) is 51.1 Å². The molecule has 0 unspecified atom stereocenters. The Hall–Kier alpha value is -2.89. The van der Waals surface area contributed by atoms with E-state index in [0.29, 0.717) is 17.0 Å². The van der Waals surface area contributed by atoms with Crippen LogP contribution in [0.4, 0.5) is 5.69 Å². The fraction of sp³-hybridized carbons (Fsp3) is 0.263. The molecule has 2 aromatic rings. The Kier molecular flexibility index (Phi) is 6.20. The molecular formula is C19H21N3O4S. The summed E-state index contributed by atoms with van der Waals surface area (Å²) in [5.74, 6) is -0.165. The predicted molar refractivity (Wildman–Crippen MR) is 102 cm³/mol. The molecule has 0 aliphatic rings. The number of carbonyl (C=O) groups is 1. The van der Waals surface area contributed by atoms with Crippen molar-refractivity contribution in [2.24, 2.45) is 0 Å². The molecule has 0 aliphatic heterocycles. The molecule has 27 heavy (non-hydrogen) atoms. The predicted octanol–water partition coefficient (Wildman–Crippen LogP) is 2.65. The van der Waals surface area contributed by atoms with Crippen LogP contribution in [0.1, 0.15) is 26.3 Å². The normalized spacial score (nSPS) is 11.5. The second-order valence-electron chi connectivity index (χ2n) is 6.83. The molecule has 142 valence electrons. The van der Waals surface area contributed by atoms with Crippen LogP contribution in [-0.4, -0.2) is 26.5 Å². The van der Waals surface area contributed by atoms with E-state index >= 15 is 0 Å². The maximum absolute atomic E-state index is 12.4. The van der Waals surface area contributed by atoms with Gasteiger partial charge in [0.05, 0.1) is 10.5 Å². The number of ether oxygens (including phenoxy) is 1. The summed E-state index contributed by atoms with van der Waals surface area (Å²) in [6.45, 7) is 4.92. The van der Waals surface area contributed by atoms with Gasteiger partial charge < -0.3 is 10.1 Å². The van der Waals surface area contributed by atoms with Crippen LogP contribution in [0.3, 0.4) is 0 Å². The molecule has 0 radical (unpaired) electrons. The van der Waals surface area contributed by atoms with Crippen LogP contribution in [-0.2, 0) is 14.8 Å². The van der Waals surface area contributed by atoms with Gasteiger partial charge in [-0.25, -0.2) is 13.1 Å². The summed E-state index contributed by atoms with van der Waals surface area (Å²) in [4.78, 5) is 12.1. The first-order valence-electron chi connectivity index (χ1n) is 8.16. The van der Waals surface area contributed by atoms with Gasteiger partial charge in [0.25, 0.3) is 5.91 Å². The molecule has 0 aromatic heterocycles. The molecule has 2 N–H and O–H groups in total. The van der Waals surface area contributed by atoms with E-state index in [9.17, 15) is 13.2 Å². The van der Waals surface area contributed by atoms with Crippen molar-refractivity contribution in [3.63, 3.8) is 0 Å². The van der Waals surface area contributed by atoms with Crippen molar-refractivity contribution in [3.05, 3.63) is 54.1 Å². The minimum atomic E-state index is -3.71. The average molecular weight is 387 g/mol. The summed E-state index contributed by atoms with van der Waals surface area (Å²) < 4.78 is 32.7. The molecule has 0 saturated heterocycles. The summed E-state index contributed by atoms with van der Waals surface area (Å²) >= 11 is 0. The zero-order valence-electron chi connectivity index (χ0n) is 15.3. The summed E-state index contributed by atoms with van der Waals surface area (Å²) in [5, 5.41) is 11.6. The van der Waals surface area contributed by atoms with E-state index < -0.39 is 21.5 Å². The lowest BCUT2D eigenvalue weighted by Gasteiger charge is -2.20. The first-order valence-corrected chi connectivity index (χ1v) is 9.65. The maximum Gasteiger partial charge on any atom is 0.262 e. The fourth-order valence-electron chi connectivity index (χ4n) is 2.23. The monoisotopic (exact) mass is 387 g/mol. The zero-order chi connectivity index (χ0) is 20.1. The van der Waals surface area contributed by atoms with E-state index in [0.717, 1.165) is 0 Å². The third-order valence-electron chi connectivity index (χ3n) is 3.23. The highest BCUT2D eigenvalue weighted by Gasteiger charge is 2.22. The Morgan fingerprint density at radius 3 is 2.52 bits per heavy atom. The number of para-hydroxylation sites is 1. The van der Waals surface area contributed by atoms with Crippen molar-refractivity contribution < 1.29 is 17.9 Å². The summed E-state index contributed by atoms with van der Waals surface area (Å²) in [5.41, 5.74) is 0.0284. The number of nitrogens with one attached hydrogen (secondary N) is 2. The van der Waals surface area contributed by atoms with Crippen molar-refractivity contribution in [2.75, 3.05) is 11.9 Å². The van der Waals surface area contributed by atoms with Crippen LogP contribution >= 0.6 is 0 Å². The van der Waals surface area contributed by atoms with Gasteiger partial charge in [-0.3, -0.25) is 4.79 Å². The maximum atomic E-state index is 12.4. The number of carbonyl (C=O) groups excluding carboxylic acids is 1. The smallest absolute Gasteiger partial charge is 0.262 e. The molecule has 7 nitrogen and oxygen atoms in total. The number of hydrogen-bond donors (Lipinski definition) is 2. The van der Waals surface area contributed by atoms with E-state index in [-0.39, 0.29) is 11.5 Å². The third kappa shape index (κ3) is 6.09. The number of anilines is 1. The molecule has 0 atom stereocenters. The zero-order valence-corrected chi connectivity index (χ0v) is 16.1. The Morgan fingerprint density at radius 2 is 1.85 bits per heavy atom. The van der Waals surface area contributed by atoms with Crippen LogP contribution in [0, 0.1) is 11.3 Å². The van der Waals surface area contributed by atoms with E-state index in [1.165, 1.54) is 12.1 Å². The van der Waals surface area contributed by atoms with Crippen molar-refractivity contribution in [1.82, 2.24) is 4.72 Å². The van der Waals surface area contributed by atoms with Crippen LogP contribution in [0.2, 0.25) is 0 Å². The number of sulfonamides is 1. The summed E-state index contributed by atoms with van der Waals surface area (Å²) in [6.07, 6.45) is 0. The highest BCUT2D eigenvalue weighted by Crippen LogP contribution is 2.19. The molecule has 8 heteroatoms. The molecule has 0 bridgehead atoms. The van der Waals surface area contributed by atoms with Gasteiger partial charge in [-0.1, -0.05) is 18.2 Å². The van der Waals surface area contributed by atoms with Crippen LogP contribution in [0.5, 0.6) is 5.75 Å². The molecule has 0 fully saturated rings. The Balaban J connectivity index is 2.06. The molecule has 0 aliphatic carbocycles. The van der Waals surface area contributed by atoms with Gasteiger partial charge in [0.15, 0.2) is 6.61 Å². The van der Waals surface area contributed by atoms with Crippen molar-refractivity contribution in [3.8, 4) is 11.8 Å². The van der Waals surface area contributed by atoms with Gasteiger partial charge in [-0.2, -0.15) is 5.26 Å². The number of hydrogen-bond acceptors (Lipinski definition) is 5. The lowest BCUT2D eigenvalue weighted by molar-refractivity contribution is -0.118. The third-order valence-corrected chi connectivity index (χ3v) is 4.99. The van der Waals surface area contributed by atoms with Crippen LogP contribution < -0.4 is 14.8 Å². The standard InChI is InChI=1S/C19H21N3O4S/c1-19(2,3)22-27(24,25)16-9-6-8-15(11-16)21-18(23)13-26-17-10-5-4-7-14(17)12-20/h4-11,22H,13H2,1-3H3,(H,21,23). The SMILES string of the molecule is CC(C)(C)NS(=O)(=O)c1cccc(NC(=O)COc2ccccc2C#N)c1. The van der Waals surface area contributed by atoms with Crippen LogP contribution in [0.25, 0.3) is 0 Å². The minimum Gasteiger partial charge on any atom is -0.482 e. The topological polar surface area (TPSA) is 108 Å². The van der Waals surface area contributed by atoms with Gasteiger partial charge in [0.2, 0.25) is 10.0 Å². The van der Waals surface area contributed by atoms with Gasteiger partial charge in [0, 0.05) is 11.2 Å². The minimum absolute atomic E-state index is 0.0472. The van der Waals surface area contributed by atoms with E-state index in [1.54, 1.807) is 57.2 Å². The Morgan fingerprint density at radius 1 is 1.15 bits per heavy atom. The molecule has 1 amide bonds. The van der Waals surface area contributed by atoms with Crippen molar-refractivity contribution >= 4 is 21.6 Å². The number of benzene rings is 2. The quantitative estimate of drug-likeness (QED) is 0.792. The van der Waals surface area contributed by atoms with E-state index in [4.69, 9.17) is 10.00 Å². The highest BCUT2D eigenvalue weighted by molar-refractivity contribution is 7.89. The lowest BCUT2D eigenvalue weighted by atomic mass is 10.1. The van der Waals surface area contributed by atoms with Gasteiger partial charge in [-0.15, -0.1) is 0 Å². The Labute approximate surface area is 159 Å².